The maximum atomic E-state index is 4.25. The monoisotopic (exact) mass is 234 g/mol. The van der Waals surface area contributed by atoms with Crippen LogP contribution in [0, 0.1) is 13.8 Å². The first-order valence-electron chi connectivity index (χ1n) is 6.73. The molecule has 2 unspecified atom stereocenters. The van der Waals surface area contributed by atoms with E-state index >= 15 is 0 Å². The average Bonchev–Trinajstić information content (AvgIpc) is 2.96. The fourth-order valence-electron chi connectivity index (χ4n) is 3.39. The number of hydrogen-bond acceptors (Lipinski definition) is 3. The van der Waals surface area contributed by atoms with Gasteiger partial charge in [0.1, 0.15) is 0 Å². The summed E-state index contributed by atoms with van der Waals surface area (Å²) in [5, 5.41) is 11.0. The van der Waals surface area contributed by atoms with Gasteiger partial charge in [-0.3, -0.25) is 10.00 Å². The van der Waals surface area contributed by atoms with Crippen molar-refractivity contribution in [2.75, 3.05) is 13.1 Å². The summed E-state index contributed by atoms with van der Waals surface area (Å²) in [6.07, 6.45) is 4.06. The lowest BCUT2D eigenvalue weighted by molar-refractivity contribution is 0.298. The van der Waals surface area contributed by atoms with Crippen LogP contribution in [0.15, 0.2) is 0 Å². The number of aryl methyl sites for hydroxylation is 2. The molecule has 0 saturated carbocycles. The van der Waals surface area contributed by atoms with Crippen molar-refractivity contribution in [2.24, 2.45) is 0 Å². The van der Waals surface area contributed by atoms with Crippen LogP contribution in [0.4, 0.5) is 0 Å². The van der Waals surface area contributed by atoms with Gasteiger partial charge in [0.2, 0.25) is 0 Å². The van der Waals surface area contributed by atoms with E-state index in [1.165, 1.54) is 43.6 Å². The molecule has 4 heteroatoms. The zero-order valence-corrected chi connectivity index (χ0v) is 10.8. The smallest absolute Gasteiger partial charge is 0.0638 e. The Bertz CT molecular complexity index is 379. The van der Waals surface area contributed by atoms with Crippen LogP contribution in [-0.2, 0) is 6.54 Å². The third-order valence-electron chi connectivity index (χ3n) is 4.43. The number of nitrogens with zero attached hydrogens (tertiary/aromatic N) is 2. The second-order valence-corrected chi connectivity index (χ2v) is 5.43. The Hall–Kier alpha value is -0.870. The highest BCUT2D eigenvalue weighted by Gasteiger charge is 2.36. The Balaban J connectivity index is 1.61. The van der Waals surface area contributed by atoms with E-state index in [1.807, 2.05) is 0 Å². The van der Waals surface area contributed by atoms with Gasteiger partial charge < -0.3 is 5.32 Å². The first-order valence-corrected chi connectivity index (χ1v) is 6.73. The van der Waals surface area contributed by atoms with Crippen LogP contribution in [0.25, 0.3) is 0 Å². The van der Waals surface area contributed by atoms with Crippen molar-refractivity contribution in [3.63, 3.8) is 0 Å². The largest absolute Gasteiger partial charge is 0.308 e. The van der Waals surface area contributed by atoms with Crippen molar-refractivity contribution < 1.29 is 0 Å². The molecule has 1 aromatic rings. The second kappa shape index (κ2) is 4.42. The number of fused-ring (bicyclic) bond motifs is 1. The molecule has 1 aromatic heterocycles. The van der Waals surface area contributed by atoms with Crippen molar-refractivity contribution >= 4 is 0 Å². The SMILES string of the molecule is Cc1n[nH]c(C)c1CNC1CCN2CCCC12. The summed E-state index contributed by atoms with van der Waals surface area (Å²) in [6.45, 7) is 7.74. The van der Waals surface area contributed by atoms with Crippen molar-refractivity contribution in [2.45, 2.75) is 51.7 Å². The van der Waals surface area contributed by atoms with Crippen LogP contribution >= 0.6 is 0 Å². The number of aromatic amines is 1. The molecule has 0 bridgehead atoms. The molecule has 2 aliphatic rings. The topological polar surface area (TPSA) is 44.0 Å². The van der Waals surface area contributed by atoms with E-state index in [1.54, 1.807) is 0 Å². The van der Waals surface area contributed by atoms with Crippen LogP contribution in [0.5, 0.6) is 0 Å². The summed E-state index contributed by atoms with van der Waals surface area (Å²) in [5.74, 6) is 0. The maximum absolute atomic E-state index is 4.25. The minimum Gasteiger partial charge on any atom is -0.308 e. The fourth-order valence-corrected chi connectivity index (χ4v) is 3.39. The van der Waals surface area contributed by atoms with E-state index in [-0.39, 0.29) is 0 Å². The minimum absolute atomic E-state index is 0.686. The molecular formula is C13H22N4. The number of aromatic nitrogens is 2. The lowest BCUT2D eigenvalue weighted by Gasteiger charge is -2.21. The first kappa shape index (κ1) is 11.2. The molecule has 3 heterocycles. The molecule has 0 radical (unpaired) electrons. The number of nitrogens with one attached hydrogen (secondary N) is 2. The quantitative estimate of drug-likeness (QED) is 0.830. The molecular weight excluding hydrogens is 212 g/mol. The van der Waals surface area contributed by atoms with Gasteiger partial charge >= 0.3 is 0 Å². The van der Waals surface area contributed by atoms with Crippen LogP contribution in [0.2, 0.25) is 0 Å². The van der Waals surface area contributed by atoms with Gasteiger partial charge in [0.05, 0.1) is 5.69 Å². The van der Waals surface area contributed by atoms with E-state index in [0.29, 0.717) is 6.04 Å². The summed E-state index contributed by atoms with van der Waals surface area (Å²) in [5.41, 5.74) is 3.69. The van der Waals surface area contributed by atoms with Gasteiger partial charge in [-0.25, -0.2) is 0 Å². The Labute approximate surface area is 103 Å². The van der Waals surface area contributed by atoms with Crippen LogP contribution in [-0.4, -0.2) is 40.3 Å². The maximum Gasteiger partial charge on any atom is 0.0638 e. The zero-order chi connectivity index (χ0) is 11.8. The third kappa shape index (κ3) is 2.00. The van der Waals surface area contributed by atoms with Gasteiger partial charge in [-0.1, -0.05) is 0 Å². The Morgan fingerprint density at radius 2 is 2.24 bits per heavy atom. The molecule has 4 nitrogen and oxygen atoms in total. The summed E-state index contributed by atoms with van der Waals surface area (Å²) in [6, 6.07) is 1.48. The van der Waals surface area contributed by atoms with Gasteiger partial charge in [0.15, 0.2) is 0 Å². The highest BCUT2D eigenvalue weighted by molar-refractivity contribution is 5.23. The summed E-state index contributed by atoms with van der Waals surface area (Å²) >= 11 is 0. The number of rotatable bonds is 3. The molecule has 2 saturated heterocycles. The van der Waals surface area contributed by atoms with Crippen LogP contribution in [0.1, 0.15) is 36.2 Å². The van der Waals surface area contributed by atoms with Crippen molar-refractivity contribution in [1.29, 1.82) is 0 Å². The highest BCUT2D eigenvalue weighted by Crippen LogP contribution is 2.28. The van der Waals surface area contributed by atoms with Gasteiger partial charge in [-0.15, -0.1) is 0 Å². The highest BCUT2D eigenvalue weighted by atomic mass is 15.2. The molecule has 0 aliphatic carbocycles. The molecule has 3 rings (SSSR count). The summed E-state index contributed by atoms with van der Waals surface area (Å²) in [4.78, 5) is 2.65. The second-order valence-electron chi connectivity index (χ2n) is 5.43. The number of H-pyrrole nitrogens is 1. The molecule has 2 aliphatic heterocycles. The van der Waals surface area contributed by atoms with E-state index in [2.05, 4.69) is 34.3 Å². The Morgan fingerprint density at radius 3 is 3.00 bits per heavy atom. The molecule has 0 amide bonds. The van der Waals surface area contributed by atoms with Crippen molar-refractivity contribution in [3.8, 4) is 0 Å². The van der Waals surface area contributed by atoms with Gasteiger partial charge in [-0.05, 0) is 39.7 Å². The molecule has 94 valence electrons. The lowest BCUT2D eigenvalue weighted by atomic mass is 10.1. The minimum atomic E-state index is 0.686. The molecule has 0 spiro atoms. The zero-order valence-electron chi connectivity index (χ0n) is 10.8. The van der Waals surface area contributed by atoms with Gasteiger partial charge in [0, 0.05) is 36.4 Å². The first-order chi connectivity index (χ1) is 8.25. The van der Waals surface area contributed by atoms with Gasteiger partial charge in [-0.2, -0.15) is 5.10 Å². The van der Waals surface area contributed by atoms with E-state index in [4.69, 9.17) is 0 Å². The van der Waals surface area contributed by atoms with Crippen LogP contribution in [0.3, 0.4) is 0 Å². The molecule has 2 N–H and O–H groups in total. The van der Waals surface area contributed by atoms with Crippen molar-refractivity contribution in [3.05, 3.63) is 17.0 Å². The Morgan fingerprint density at radius 1 is 1.35 bits per heavy atom. The normalized spacial score (nSPS) is 28.8. The predicted molar refractivity (Wildman–Crippen MR) is 67.9 cm³/mol. The molecule has 2 fully saturated rings. The summed E-state index contributed by atoms with van der Waals surface area (Å²) < 4.78 is 0. The summed E-state index contributed by atoms with van der Waals surface area (Å²) in [7, 11) is 0. The van der Waals surface area contributed by atoms with Crippen molar-refractivity contribution in [1.82, 2.24) is 20.4 Å². The van der Waals surface area contributed by atoms with E-state index < -0.39 is 0 Å². The standard InChI is InChI=1S/C13H22N4/c1-9-11(10(2)16-15-9)8-14-12-5-7-17-6-3-4-13(12)17/h12-14H,3-8H2,1-2H3,(H,15,16). The molecule has 17 heavy (non-hydrogen) atoms. The van der Waals surface area contributed by atoms with Gasteiger partial charge in [0.25, 0.3) is 0 Å². The lowest BCUT2D eigenvalue weighted by Crippen LogP contribution is -2.38. The Kier molecular flexibility index (Phi) is 2.92. The average molecular weight is 234 g/mol. The van der Waals surface area contributed by atoms with E-state index in [0.717, 1.165) is 18.3 Å². The van der Waals surface area contributed by atoms with E-state index in [9.17, 15) is 0 Å². The molecule has 0 aromatic carbocycles. The number of hydrogen-bond donors (Lipinski definition) is 2. The predicted octanol–water partition coefficient (Wildman–Crippen LogP) is 1.35. The fraction of sp³-hybridized carbons (Fsp3) is 0.769. The molecule has 2 atom stereocenters. The van der Waals surface area contributed by atoms with Crippen LogP contribution < -0.4 is 5.32 Å². The third-order valence-corrected chi connectivity index (χ3v) is 4.43.